The SMILES string of the molecule is COCCN(Cc1nc(C(=O)NCc2cccnc2)cs1)C(=O)Nc1ccc(C(C)C)cc1. The number of aromatic nitrogens is 2. The molecule has 0 fully saturated rings. The lowest BCUT2D eigenvalue weighted by Crippen LogP contribution is -2.36. The summed E-state index contributed by atoms with van der Waals surface area (Å²) in [5, 5.41) is 8.13. The Bertz CT molecular complexity index is 1040. The zero-order chi connectivity index (χ0) is 23.6. The summed E-state index contributed by atoms with van der Waals surface area (Å²) < 4.78 is 5.16. The van der Waals surface area contributed by atoms with Crippen molar-refractivity contribution in [3.63, 3.8) is 0 Å². The Morgan fingerprint density at radius 2 is 1.97 bits per heavy atom. The third-order valence-electron chi connectivity index (χ3n) is 4.97. The van der Waals surface area contributed by atoms with Crippen molar-refractivity contribution < 1.29 is 14.3 Å². The van der Waals surface area contributed by atoms with Gasteiger partial charge >= 0.3 is 6.03 Å². The van der Waals surface area contributed by atoms with Gasteiger partial charge in [-0.2, -0.15) is 0 Å². The van der Waals surface area contributed by atoms with E-state index in [0.29, 0.717) is 36.3 Å². The number of nitrogens with one attached hydrogen (secondary N) is 2. The maximum absolute atomic E-state index is 12.9. The van der Waals surface area contributed by atoms with E-state index in [2.05, 4.69) is 34.4 Å². The van der Waals surface area contributed by atoms with Crippen molar-refractivity contribution in [3.8, 4) is 0 Å². The molecule has 3 amide bonds. The zero-order valence-corrected chi connectivity index (χ0v) is 19.9. The summed E-state index contributed by atoms with van der Waals surface area (Å²) in [7, 11) is 1.59. The first kappa shape index (κ1) is 24.3. The van der Waals surface area contributed by atoms with Gasteiger partial charge in [0.15, 0.2) is 0 Å². The Balaban J connectivity index is 1.60. The van der Waals surface area contributed by atoms with Crippen LogP contribution in [0.1, 0.15) is 46.4 Å². The van der Waals surface area contributed by atoms with Gasteiger partial charge in [0.1, 0.15) is 10.7 Å². The quantitative estimate of drug-likeness (QED) is 0.464. The molecule has 2 heterocycles. The first-order chi connectivity index (χ1) is 16.0. The van der Waals surface area contributed by atoms with Crippen LogP contribution in [0.4, 0.5) is 10.5 Å². The molecule has 3 aromatic rings. The molecular formula is C24H29N5O3S. The lowest BCUT2D eigenvalue weighted by atomic mass is 10.0. The molecule has 0 bridgehead atoms. The van der Waals surface area contributed by atoms with Gasteiger partial charge in [-0.05, 0) is 35.2 Å². The van der Waals surface area contributed by atoms with Gasteiger partial charge in [-0.25, -0.2) is 9.78 Å². The van der Waals surface area contributed by atoms with Crippen molar-refractivity contribution in [1.29, 1.82) is 0 Å². The van der Waals surface area contributed by atoms with Gasteiger partial charge in [0.05, 0.1) is 13.2 Å². The standard InChI is InChI=1S/C24H29N5O3S/c1-17(2)19-6-8-20(9-7-19)27-24(31)29(11-12-32-3)15-22-28-21(16-33-22)23(30)26-14-18-5-4-10-25-13-18/h4-10,13,16-17H,11-12,14-15H2,1-3H3,(H,26,30)(H,27,31). The number of nitrogens with zero attached hydrogens (tertiary/aromatic N) is 3. The second kappa shape index (κ2) is 12.1. The summed E-state index contributed by atoms with van der Waals surface area (Å²) in [6, 6.07) is 11.3. The summed E-state index contributed by atoms with van der Waals surface area (Å²) in [6.07, 6.45) is 3.39. The largest absolute Gasteiger partial charge is 0.383 e. The Labute approximate surface area is 198 Å². The van der Waals surface area contributed by atoms with Crippen molar-refractivity contribution in [3.05, 3.63) is 76.0 Å². The lowest BCUT2D eigenvalue weighted by Gasteiger charge is -2.22. The first-order valence-electron chi connectivity index (χ1n) is 10.7. The van der Waals surface area contributed by atoms with Crippen LogP contribution < -0.4 is 10.6 Å². The molecule has 0 saturated heterocycles. The summed E-state index contributed by atoms with van der Waals surface area (Å²) in [5.74, 6) is 0.160. The second-order valence-electron chi connectivity index (χ2n) is 7.79. The zero-order valence-electron chi connectivity index (χ0n) is 19.1. The van der Waals surface area contributed by atoms with Crippen LogP contribution in [0.5, 0.6) is 0 Å². The third-order valence-corrected chi connectivity index (χ3v) is 5.80. The average Bonchev–Trinajstić information content (AvgIpc) is 3.30. The molecule has 3 rings (SSSR count). The van der Waals surface area contributed by atoms with E-state index >= 15 is 0 Å². The van der Waals surface area contributed by atoms with E-state index in [0.717, 1.165) is 11.3 Å². The Kier molecular flexibility index (Phi) is 8.91. The molecule has 2 aromatic heterocycles. The van der Waals surface area contributed by atoms with Gasteiger partial charge in [0, 0.05) is 43.7 Å². The fourth-order valence-electron chi connectivity index (χ4n) is 3.03. The Morgan fingerprint density at radius 1 is 1.18 bits per heavy atom. The summed E-state index contributed by atoms with van der Waals surface area (Å²) in [5.41, 5.74) is 3.17. The van der Waals surface area contributed by atoms with Crippen LogP contribution in [0.2, 0.25) is 0 Å². The molecule has 9 heteroatoms. The summed E-state index contributed by atoms with van der Waals surface area (Å²) >= 11 is 1.34. The first-order valence-corrected chi connectivity index (χ1v) is 11.6. The van der Waals surface area contributed by atoms with Gasteiger partial charge < -0.3 is 20.3 Å². The predicted molar refractivity (Wildman–Crippen MR) is 129 cm³/mol. The Morgan fingerprint density at radius 3 is 2.64 bits per heavy atom. The van der Waals surface area contributed by atoms with E-state index in [-0.39, 0.29) is 18.5 Å². The van der Waals surface area contributed by atoms with Crippen LogP contribution in [-0.2, 0) is 17.8 Å². The minimum absolute atomic E-state index is 0.248. The minimum Gasteiger partial charge on any atom is -0.383 e. The van der Waals surface area contributed by atoms with Crippen LogP contribution in [0.15, 0.2) is 54.2 Å². The van der Waals surface area contributed by atoms with Crippen LogP contribution in [0.25, 0.3) is 0 Å². The number of urea groups is 1. The second-order valence-corrected chi connectivity index (χ2v) is 8.73. The highest BCUT2D eigenvalue weighted by Gasteiger charge is 2.18. The van der Waals surface area contributed by atoms with E-state index in [9.17, 15) is 9.59 Å². The van der Waals surface area contributed by atoms with Crippen molar-refractivity contribution in [2.75, 3.05) is 25.6 Å². The van der Waals surface area contributed by atoms with E-state index in [4.69, 9.17) is 4.74 Å². The number of hydrogen-bond acceptors (Lipinski definition) is 6. The molecule has 0 aliphatic heterocycles. The number of carbonyl (C=O) groups excluding carboxylic acids is 2. The number of amides is 3. The monoisotopic (exact) mass is 467 g/mol. The fourth-order valence-corrected chi connectivity index (χ4v) is 3.82. The molecule has 8 nitrogen and oxygen atoms in total. The normalized spacial score (nSPS) is 10.8. The molecular weight excluding hydrogens is 438 g/mol. The van der Waals surface area contributed by atoms with E-state index in [1.54, 1.807) is 29.8 Å². The van der Waals surface area contributed by atoms with Crippen LogP contribution in [0, 0.1) is 0 Å². The van der Waals surface area contributed by atoms with Crippen molar-refractivity contribution in [1.82, 2.24) is 20.2 Å². The van der Waals surface area contributed by atoms with E-state index in [1.165, 1.54) is 16.9 Å². The van der Waals surface area contributed by atoms with Gasteiger partial charge in [0.25, 0.3) is 5.91 Å². The lowest BCUT2D eigenvalue weighted by molar-refractivity contribution is 0.0946. The van der Waals surface area contributed by atoms with Gasteiger partial charge in [0.2, 0.25) is 0 Å². The van der Waals surface area contributed by atoms with E-state index in [1.807, 2.05) is 36.4 Å². The summed E-state index contributed by atoms with van der Waals surface area (Å²) in [6.45, 7) is 5.69. The number of hydrogen-bond donors (Lipinski definition) is 2. The fraction of sp³-hybridized carbons (Fsp3) is 0.333. The number of anilines is 1. The minimum atomic E-state index is -0.264. The molecule has 2 N–H and O–H groups in total. The predicted octanol–water partition coefficient (Wildman–Crippen LogP) is 4.27. The van der Waals surface area contributed by atoms with Crippen LogP contribution >= 0.6 is 11.3 Å². The van der Waals surface area contributed by atoms with Gasteiger partial charge in [-0.15, -0.1) is 11.3 Å². The van der Waals surface area contributed by atoms with Gasteiger partial charge in [-0.3, -0.25) is 9.78 Å². The molecule has 1 aromatic carbocycles. The number of pyridine rings is 1. The Hall–Kier alpha value is -3.30. The molecule has 0 radical (unpaired) electrons. The molecule has 0 aliphatic carbocycles. The molecule has 0 saturated carbocycles. The highest BCUT2D eigenvalue weighted by molar-refractivity contribution is 7.09. The molecule has 0 spiro atoms. The molecule has 174 valence electrons. The van der Waals surface area contributed by atoms with Gasteiger partial charge in [-0.1, -0.05) is 32.0 Å². The van der Waals surface area contributed by atoms with E-state index < -0.39 is 0 Å². The number of methoxy groups -OCH3 is 1. The molecule has 0 aliphatic rings. The average molecular weight is 468 g/mol. The van der Waals surface area contributed by atoms with Crippen LogP contribution in [0.3, 0.4) is 0 Å². The molecule has 0 unspecified atom stereocenters. The number of ether oxygens (including phenoxy) is 1. The molecule has 0 atom stereocenters. The third kappa shape index (κ3) is 7.37. The summed E-state index contributed by atoms with van der Waals surface area (Å²) in [4.78, 5) is 35.4. The maximum atomic E-state index is 12.9. The number of benzene rings is 1. The smallest absolute Gasteiger partial charge is 0.322 e. The molecule has 33 heavy (non-hydrogen) atoms. The number of thiazole rings is 1. The highest BCUT2D eigenvalue weighted by Crippen LogP contribution is 2.18. The topological polar surface area (TPSA) is 96.4 Å². The highest BCUT2D eigenvalue weighted by atomic mass is 32.1. The van der Waals surface area contributed by atoms with Crippen molar-refractivity contribution >= 4 is 29.0 Å². The maximum Gasteiger partial charge on any atom is 0.322 e. The number of rotatable bonds is 10. The van der Waals surface area contributed by atoms with Crippen LogP contribution in [-0.4, -0.2) is 47.1 Å². The van der Waals surface area contributed by atoms with Crippen molar-refractivity contribution in [2.45, 2.75) is 32.9 Å². The number of carbonyl (C=O) groups is 2. The van der Waals surface area contributed by atoms with Crippen molar-refractivity contribution in [2.24, 2.45) is 0 Å².